The maximum Gasteiger partial charge on any atom is 0.390 e. The van der Waals surface area contributed by atoms with Gasteiger partial charge in [0, 0.05) is 19.6 Å². The van der Waals surface area contributed by atoms with Gasteiger partial charge in [-0.15, -0.1) is 0 Å². The highest BCUT2D eigenvalue weighted by molar-refractivity contribution is 9.10. The smallest absolute Gasteiger partial charge is 0.334 e. The molecule has 0 fully saturated rings. The molecule has 0 spiro atoms. The number of rotatable bonds is 2. The lowest BCUT2D eigenvalue weighted by atomic mass is 10.3. The Hall–Kier alpha value is -1.05. The van der Waals surface area contributed by atoms with Crippen LogP contribution in [0.5, 0.6) is 0 Å². The summed E-state index contributed by atoms with van der Waals surface area (Å²) in [6.07, 6.45) is -3.76. The van der Waals surface area contributed by atoms with E-state index in [-0.39, 0.29) is 18.9 Å². The predicted molar refractivity (Wildman–Crippen MR) is 56.5 cm³/mol. The fraction of sp³-hybridized carbons (Fsp3) is 0.556. The molecule has 1 aliphatic rings. The average molecular weight is 312 g/mol. The van der Waals surface area contributed by atoms with Gasteiger partial charge in [-0.3, -0.25) is 4.79 Å². The number of hydrogen-bond donors (Lipinski definition) is 0. The first-order chi connectivity index (χ1) is 7.88. The number of alkyl halides is 3. The Labute approximate surface area is 104 Å². The number of hydrogen-bond acceptors (Lipinski definition) is 2. The van der Waals surface area contributed by atoms with Crippen molar-refractivity contribution in [2.24, 2.45) is 0 Å². The molecule has 0 unspecified atom stereocenters. The Balaban J connectivity index is 2.08. The van der Waals surface area contributed by atoms with E-state index < -0.39 is 18.5 Å². The number of fused-ring (bicyclic) bond motifs is 1. The molecular formula is C9H9BrF3N3O. The minimum atomic E-state index is -4.24. The lowest BCUT2D eigenvalue weighted by Gasteiger charge is -2.28. The van der Waals surface area contributed by atoms with Crippen molar-refractivity contribution in [3.63, 3.8) is 0 Å². The van der Waals surface area contributed by atoms with Gasteiger partial charge in [0.2, 0.25) is 0 Å². The van der Waals surface area contributed by atoms with E-state index in [0.717, 1.165) is 0 Å². The van der Waals surface area contributed by atoms with Crippen LogP contribution in [0.15, 0.2) is 10.8 Å². The van der Waals surface area contributed by atoms with Crippen LogP contribution in [0.1, 0.15) is 17.0 Å². The average Bonchev–Trinajstić information content (AvgIpc) is 2.59. The summed E-state index contributed by atoms with van der Waals surface area (Å²) in [5.41, 5.74) is 0. The van der Waals surface area contributed by atoms with Gasteiger partial charge in [0.05, 0.1) is 12.6 Å². The standard InChI is InChI=1S/C9H9BrF3N3O/c10-6-5-14-7-8(17)15(3-4-16(6)7)2-1-9(11,12)13/h5H,1-4H2. The van der Waals surface area contributed by atoms with Crippen molar-refractivity contribution in [2.45, 2.75) is 19.1 Å². The van der Waals surface area contributed by atoms with Crippen LogP contribution in [-0.2, 0) is 6.54 Å². The van der Waals surface area contributed by atoms with E-state index in [2.05, 4.69) is 20.9 Å². The van der Waals surface area contributed by atoms with Crippen LogP contribution >= 0.6 is 15.9 Å². The highest BCUT2D eigenvalue weighted by atomic mass is 79.9. The van der Waals surface area contributed by atoms with Gasteiger partial charge in [-0.2, -0.15) is 13.2 Å². The first-order valence-corrected chi connectivity index (χ1v) is 5.75. The lowest BCUT2D eigenvalue weighted by molar-refractivity contribution is -0.136. The molecule has 0 bridgehead atoms. The van der Waals surface area contributed by atoms with Crippen LogP contribution in [0.25, 0.3) is 0 Å². The highest BCUT2D eigenvalue weighted by Crippen LogP contribution is 2.22. The molecule has 17 heavy (non-hydrogen) atoms. The number of amides is 1. The van der Waals surface area contributed by atoms with E-state index in [1.54, 1.807) is 4.57 Å². The third-order valence-electron chi connectivity index (χ3n) is 2.54. The molecule has 1 aromatic rings. The van der Waals surface area contributed by atoms with Gasteiger partial charge in [-0.1, -0.05) is 0 Å². The molecule has 0 atom stereocenters. The van der Waals surface area contributed by atoms with Crippen molar-refractivity contribution in [1.82, 2.24) is 14.5 Å². The van der Waals surface area contributed by atoms with Gasteiger partial charge in [-0.05, 0) is 15.9 Å². The molecule has 1 aromatic heterocycles. The van der Waals surface area contributed by atoms with Crippen LogP contribution < -0.4 is 0 Å². The molecule has 2 rings (SSSR count). The van der Waals surface area contributed by atoms with E-state index in [9.17, 15) is 18.0 Å². The number of aromatic nitrogens is 2. The van der Waals surface area contributed by atoms with Crippen molar-refractivity contribution in [2.75, 3.05) is 13.1 Å². The molecule has 1 aliphatic heterocycles. The van der Waals surface area contributed by atoms with E-state index in [1.807, 2.05) is 0 Å². The zero-order valence-corrected chi connectivity index (χ0v) is 10.3. The largest absolute Gasteiger partial charge is 0.390 e. The normalized spacial score (nSPS) is 16.2. The van der Waals surface area contributed by atoms with Crippen LogP contribution in [0.4, 0.5) is 13.2 Å². The summed E-state index contributed by atoms with van der Waals surface area (Å²) < 4.78 is 38.5. The van der Waals surface area contributed by atoms with E-state index in [1.165, 1.54) is 11.1 Å². The summed E-state index contributed by atoms with van der Waals surface area (Å²) in [6, 6.07) is 0. The lowest BCUT2D eigenvalue weighted by Crippen LogP contribution is -2.42. The van der Waals surface area contributed by atoms with Gasteiger partial charge in [-0.25, -0.2) is 4.98 Å². The molecule has 4 nitrogen and oxygen atoms in total. The van der Waals surface area contributed by atoms with E-state index in [4.69, 9.17) is 0 Å². The molecule has 0 aliphatic carbocycles. The van der Waals surface area contributed by atoms with Gasteiger partial charge in [0.15, 0.2) is 5.82 Å². The molecule has 94 valence electrons. The van der Waals surface area contributed by atoms with Crippen LogP contribution in [0.2, 0.25) is 0 Å². The first kappa shape index (κ1) is 12.4. The quantitative estimate of drug-likeness (QED) is 0.838. The number of nitrogens with zero attached hydrogens (tertiary/aromatic N) is 3. The van der Waals surface area contributed by atoms with Crippen molar-refractivity contribution >= 4 is 21.8 Å². The Bertz CT molecular complexity index is 443. The second-order valence-corrected chi connectivity index (χ2v) is 4.53. The molecule has 0 N–H and O–H groups in total. The Morgan fingerprint density at radius 2 is 2.12 bits per heavy atom. The van der Waals surface area contributed by atoms with E-state index in [0.29, 0.717) is 11.1 Å². The number of halogens is 4. The summed E-state index contributed by atoms with van der Waals surface area (Å²) in [7, 11) is 0. The zero-order chi connectivity index (χ0) is 12.6. The van der Waals surface area contributed by atoms with Crippen LogP contribution in [0.3, 0.4) is 0 Å². The zero-order valence-electron chi connectivity index (χ0n) is 8.67. The molecule has 1 amide bonds. The maximum atomic E-state index is 12.1. The van der Waals surface area contributed by atoms with Crippen molar-refractivity contribution in [3.05, 3.63) is 16.6 Å². The van der Waals surface area contributed by atoms with Gasteiger partial charge >= 0.3 is 6.18 Å². The Morgan fingerprint density at radius 1 is 1.41 bits per heavy atom. The van der Waals surface area contributed by atoms with Crippen LogP contribution in [0, 0.1) is 0 Å². The Kier molecular flexibility index (Phi) is 3.15. The molecule has 0 aromatic carbocycles. The summed E-state index contributed by atoms with van der Waals surface area (Å²) in [4.78, 5) is 16.9. The predicted octanol–water partition coefficient (Wildman–Crippen LogP) is 2.05. The Morgan fingerprint density at radius 3 is 2.76 bits per heavy atom. The molecule has 0 radical (unpaired) electrons. The fourth-order valence-electron chi connectivity index (χ4n) is 1.68. The molecule has 0 saturated heterocycles. The second-order valence-electron chi connectivity index (χ2n) is 3.71. The second kappa shape index (κ2) is 4.32. The highest BCUT2D eigenvalue weighted by Gasteiger charge is 2.32. The SMILES string of the molecule is O=C1c2ncc(Br)n2CCN1CCC(F)(F)F. The van der Waals surface area contributed by atoms with Gasteiger partial charge in [0.1, 0.15) is 4.60 Å². The maximum absolute atomic E-state index is 12.1. The number of carbonyl (C=O) groups excluding carboxylic acids is 1. The summed E-state index contributed by atoms with van der Waals surface area (Å²) >= 11 is 3.22. The molecule has 8 heteroatoms. The first-order valence-electron chi connectivity index (χ1n) is 4.95. The number of imidazole rings is 1. The van der Waals surface area contributed by atoms with Crippen molar-refractivity contribution in [1.29, 1.82) is 0 Å². The van der Waals surface area contributed by atoms with E-state index >= 15 is 0 Å². The summed E-state index contributed by atoms with van der Waals surface area (Å²) in [5.74, 6) is -0.267. The monoisotopic (exact) mass is 311 g/mol. The van der Waals surface area contributed by atoms with Crippen molar-refractivity contribution in [3.8, 4) is 0 Å². The summed E-state index contributed by atoms with van der Waals surface area (Å²) in [5, 5.41) is 0. The summed E-state index contributed by atoms with van der Waals surface area (Å²) in [6.45, 7) is 0.420. The molecule has 0 saturated carbocycles. The fourth-order valence-corrected chi connectivity index (χ4v) is 2.12. The third kappa shape index (κ3) is 2.62. The minimum Gasteiger partial charge on any atom is -0.334 e. The van der Waals surface area contributed by atoms with Crippen molar-refractivity contribution < 1.29 is 18.0 Å². The number of carbonyl (C=O) groups is 1. The molecule has 2 heterocycles. The third-order valence-corrected chi connectivity index (χ3v) is 3.18. The topological polar surface area (TPSA) is 38.1 Å². The molecular weight excluding hydrogens is 303 g/mol. The van der Waals surface area contributed by atoms with Gasteiger partial charge < -0.3 is 9.47 Å². The van der Waals surface area contributed by atoms with Gasteiger partial charge in [0.25, 0.3) is 5.91 Å². The van der Waals surface area contributed by atoms with Crippen LogP contribution in [-0.4, -0.2) is 39.6 Å². The minimum absolute atomic E-state index is 0.185.